The van der Waals surface area contributed by atoms with Crippen molar-refractivity contribution in [2.45, 2.75) is 45.7 Å². The number of benzene rings is 1. The van der Waals surface area contributed by atoms with Crippen molar-refractivity contribution in [1.82, 2.24) is 19.8 Å². The van der Waals surface area contributed by atoms with Crippen molar-refractivity contribution in [3.8, 4) is 5.75 Å². The third kappa shape index (κ3) is 5.48. The maximum atomic E-state index is 11.6. The fraction of sp³-hybridized carbons (Fsp3) is 0.522. The number of hydrogen-bond acceptors (Lipinski definition) is 6. The average Bonchev–Trinajstić information content (AvgIpc) is 2.74. The van der Waals surface area contributed by atoms with Crippen LogP contribution in [0.5, 0.6) is 5.75 Å². The van der Waals surface area contributed by atoms with Crippen LogP contribution in [0.15, 0.2) is 24.3 Å². The molecule has 0 spiro atoms. The van der Waals surface area contributed by atoms with E-state index in [2.05, 4.69) is 40.3 Å². The number of aryl methyl sites for hydroxylation is 1. The Morgan fingerprint density at radius 1 is 1.33 bits per heavy atom. The topological polar surface area (TPSA) is 70.6 Å². The van der Waals surface area contributed by atoms with Crippen molar-refractivity contribution in [3.05, 3.63) is 46.9 Å². The molecule has 1 aliphatic heterocycles. The zero-order valence-electron chi connectivity index (χ0n) is 18.7. The number of amides is 1. The maximum absolute atomic E-state index is 11.6. The van der Waals surface area contributed by atoms with Crippen LogP contribution in [-0.4, -0.2) is 60.0 Å². The first-order valence-electron chi connectivity index (χ1n) is 10.5. The van der Waals surface area contributed by atoms with Crippen LogP contribution in [0.2, 0.25) is 0 Å². The molecule has 0 aliphatic carbocycles. The Bertz CT molecular complexity index is 886. The van der Waals surface area contributed by atoms with E-state index in [-0.39, 0.29) is 5.91 Å². The van der Waals surface area contributed by atoms with Crippen molar-refractivity contribution >= 4 is 11.7 Å². The van der Waals surface area contributed by atoms with Crippen LogP contribution in [0.25, 0.3) is 0 Å². The summed E-state index contributed by atoms with van der Waals surface area (Å²) in [5.41, 5.74) is 3.46. The minimum Gasteiger partial charge on any atom is -0.496 e. The Labute approximate surface area is 179 Å². The van der Waals surface area contributed by atoms with Crippen LogP contribution in [0.4, 0.5) is 5.82 Å². The lowest BCUT2D eigenvalue weighted by Crippen LogP contribution is -2.34. The fourth-order valence-corrected chi connectivity index (χ4v) is 3.91. The molecule has 2 heterocycles. The van der Waals surface area contributed by atoms with E-state index in [4.69, 9.17) is 9.72 Å². The van der Waals surface area contributed by atoms with E-state index in [0.29, 0.717) is 18.3 Å². The highest BCUT2D eigenvalue weighted by Crippen LogP contribution is 2.29. The van der Waals surface area contributed by atoms with E-state index in [1.54, 1.807) is 26.0 Å². The van der Waals surface area contributed by atoms with Crippen LogP contribution in [0.3, 0.4) is 0 Å². The number of rotatable bonds is 7. The zero-order valence-corrected chi connectivity index (χ0v) is 18.7. The van der Waals surface area contributed by atoms with Crippen LogP contribution in [-0.2, 0) is 17.9 Å². The molecule has 0 unspecified atom stereocenters. The van der Waals surface area contributed by atoms with Gasteiger partial charge >= 0.3 is 0 Å². The van der Waals surface area contributed by atoms with Gasteiger partial charge in [-0.05, 0) is 37.9 Å². The van der Waals surface area contributed by atoms with E-state index >= 15 is 0 Å². The molecule has 7 nitrogen and oxygen atoms in total. The van der Waals surface area contributed by atoms with E-state index in [9.17, 15) is 4.79 Å². The summed E-state index contributed by atoms with van der Waals surface area (Å²) in [6, 6.07) is 8.44. The number of aromatic nitrogens is 2. The quantitative estimate of drug-likeness (QED) is 0.755. The molecule has 1 atom stereocenters. The van der Waals surface area contributed by atoms with Gasteiger partial charge in [0, 0.05) is 51.7 Å². The second-order valence-corrected chi connectivity index (χ2v) is 8.11. The average molecular weight is 412 g/mol. The van der Waals surface area contributed by atoms with E-state index in [0.717, 1.165) is 49.7 Å². The minimum absolute atomic E-state index is 0.00546. The number of carbonyl (C=O) groups is 1. The molecule has 0 bridgehead atoms. The molecule has 162 valence electrons. The molecule has 1 aromatic heterocycles. The van der Waals surface area contributed by atoms with Gasteiger partial charge in [-0.3, -0.25) is 9.69 Å². The SMILES string of the molecule is CNc1cc([C@H]2CCCN(Cc3ccc(C)cc3OC)C2)nc(CN(C)C(C)=O)n1. The van der Waals surface area contributed by atoms with E-state index < -0.39 is 0 Å². The predicted octanol–water partition coefficient (Wildman–Crippen LogP) is 3.19. The lowest BCUT2D eigenvalue weighted by Gasteiger charge is -2.33. The van der Waals surface area contributed by atoms with Gasteiger partial charge in [0.15, 0.2) is 0 Å². The monoisotopic (exact) mass is 411 g/mol. The smallest absolute Gasteiger partial charge is 0.219 e. The second-order valence-electron chi connectivity index (χ2n) is 8.11. The second kappa shape index (κ2) is 9.89. The first-order chi connectivity index (χ1) is 14.4. The normalized spacial score (nSPS) is 16.9. The Hall–Kier alpha value is -2.67. The number of hydrogen-bond donors (Lipinski definition) is 1. The maximum Gasteiger partial charge on any atom is 0.219 e. The standard InChI is InChI=1S/C23H33N5O2/c1-16-8-9-19(21(11-16)30-5)14-28-10-6-7-18(13-28)20-12-22(24-3)26-23(25-20)15-27(4)17(2)29/h8-9,11-12,18H,6-7,10,13-15H2,1-5H3,(H,24,25,26)/t18-/m0/s1. The first-order valence-corrected chi connectivity index (χ1v) is 10.5. The molecule has 30 heavy (non-hydrogen) atoms. The molecule has 1 N–H and O–H groups in total. The van der Waals surface area contributed by atoms with Crippen LogP contribution >= 0.6 is 0 Å². The molecule has 0 saturated carbocycles. The largest absolute Gasteiger partial charge is 0.496 e. The Kier molecular flexibility index (Phi) is 7.26. The van der Waals surface area contributed by atoms with Crippen molar-refractivity contribution in [2.24, 2.45) is 0 Å². The lowest BCUT2D eigenvalue weighted by molar-refractivity contribution is -0.128. The number of ether oxygens (including phenoxy) is 1. The molecule has 3 rings (SSSR count). The van der Waals surface area contributed by atoms with Gasteiger partial charge in [-0.1, -0.05) is 12.1 Å². The van der Waals surface area contributed by atoms with Crippen molar-refractivity contribution in [3.63, 3.8) is 0 Å². The van der Waals surface area contributed by atoms with Gasteiger partial charge in [0.1, 0.15) is 17.4 Å². The summed E-state index contributed by atoms with van der Waals surface area (Å²) >= 11 is 0. The number of likely N-dealkylation sites (tertiary alicyclic amines) is 1. The van der Waals surface area contributed by atoms with Gasteiger partial charge in [-0.15, -0.1) is 0 Å². The highest BCUT2D eigenvalue weighted by atomic mass is 16.5. The van der Waals surface area contributed by atoms with Gasteiger partial charge in [0.05, 0.1) is 19.3 Å². The molecule has 1 aliphatic rings. The minimum atomic E-state index is 0.00546. The van der Waals surface area contributed by atoms with Crippen LogP contribution in [0.1, 0.15) is 48.3 Å². The van der Waals surface area contributed by atoms with Gasteiger partial charge < -0.3 is 15.0 Å². The van der Waals surface area contributed by atoms with Gasteiger partial charge in [-0.25, -0.2) is 9.97 Å². The van der Waals surface area contributed by atoms with Gasteiger partial charge in [0.25, 0.3) is 0 Å². The fourth-order valence-electron chi connectivity index (χ4n) is 3.91. The molecular weight excluding hydrogens is 378 g/mol. The summed E-state index contributed by atoms with van der Waals surface area (Å²) in [6.07, 6.45) is 2.23. The van der Waals surface area contributed by atoms with Crippen LogP contribution in [0, 0.1) is 6.92 Å². The lowest BCUT2D eigenvalue weighted by atomic mass is 9.94. The van der Waals surface area contributed by atoms with Gasteiger partial charge in [0.2, 0.25) is 5.91 Å². The molecule has 1 fully saturated rings. The Balaban J connectivity index is 1.77. The zero-order chi connectivity index (χ0) is 21.7. The predicted molar refractivity (Wildman–Crippen MR) is 119 cm³/mol. The number of carbonyl (C=O) groups excluding carboxylic acids is 1. The molecule has 0 radical (unpaired) electrons. The molecule has 7 heteroatoms. The van der Waals surface area contributed by atoms with Crippen LogP contribution < -0.4 is 10.1 Å². The molecule has 1 saturated heterocycles. The number of methoxy groups -OCH3 is 1. The first kappa shape index (κ1) is 22.0. The molecular formula is C23H33N5O2. The highest BCUT2D eigenvalue weighted by molar-refractivity contribution is 5.72. The number of piperidine rings is 1. The third-order valence-corrected chi connectivity index (χ3v) is 5.72. The number of nitrogens with one attached hydrogen (secondary N) is 1. The summed E-state index contributed by atoms with van der Waals surface area (Å²) in [4.78, 5) is 25.1. The van der Waals surface area contributed by atoms with Crippen molar-refractivity contribution in [2.75, 3.05) is 39.6 Å². The number of nitrogens with zero attached hydrogens (tertiary/aromatic N) is 4. The van der Waals surface area contributed by atoms with Crippen molar-refractivity contribution in [1.29, 1.82) is 0 Å². The Morgan fingerprint density at radius 2 is 2.13 bits per heavy atom. The van der Waals surface area contributed by atoms with Gasteiger partial charge in [-0.2, -0.15) is 0 Å². The molecule has 1 aromatic carbocycles. The Morgan fingerprint density at radius 3 is 2.83 bits per heavy atom. The van der Waals surface area contributed by atoms with E-state index in [1.165, 1.54) is 11.1 Å². The summed E-state index contributed by atoms with van der Waals surface area (Å²) in [6.45, 7) is 6.93. The highest BCUT2D eigenvalue weighted by Gasteiger charge is 2.24. The number of anilines is 1. The third-order valence-electron chi connectivity index (χ3n) is 5.72. The van der Waals surface area contributed by atoms with E-state index in [1.807, 2.05) is 13.1 Å². The summed E-state index contributed by atoms with van der Waals surface area (Å²) < 4.78 is 5.59. The summed E-state index contributed by atoms with van der Waals surface area (Å²) in [5.74, 6) is 2.76. The van der Waals surface area contributed by atoms with Crippen molar-refractivity contribution < 1.29 is 9.53 Å². The summed E-state index contributed by atoms with van der Waals surface area (Å²) in [7, 11) is 5.37. The summed E-state index contributed by atoms with van der Waals surface area (Å²) in [5, 5.41) is 3.14. The molecule has 2 aromatic rings. The molecule has 1 amide bonds.